The molecule has 0 radical (unpaired) electrons. The summed E-state index contributed by atoms with van der Waals surface area (Å²) in [5.74, 6) is -1.57. The summed E-state index contributed by atoms with van der Waals surface area (Å²) in [5, 5.41) is 11.3. The summed E-state index contributed by atoms with van der Waals surface area (Å²) in [6.45, 7) is 3.89. The largest absolute Gasteiger partial charge is 0.481 e. The number of carbonyl (C=O) groups is 3. The van der Waals surface area contributed by atoms with E-state index >= 15 is 0 Å². The van der Waals surface area contributed by atoms with Crippen LogP contribution in [-0.2, 0) is 9.59 Å². The van der Waals surface area contributed by atoms with Gasteiger partial charge in [0.25, 0.3) is 5.91 Å². The second-order valence-electron chi connectivity index (χ2n) is 4.62. The van der Waals surface area contributed by atoms with Crippen LogP contribution in [0.1, 0.15) is 30.6 Å². The fraction of sp³-hybridized carbons (Fsp3) is 0.400. The number of nitrogens with one attached hydrogen (secondary N) is 1. The van der Waals surface area contributed by atoms with E-state index < -0.39 is 12.0 Å². The lowest BCUT2D eigenvalue weighted by Crippen LogP contribution is -2.47. The lowest BCUT2D eigenvalue weighted by Gasteiger charge is -2.24. The molecule has 0 aliphatic carbocycles. The Labute approximate surface area is 123 Å². The van der Waals surface area contributed by atoms with Crippen LogP contribution in [0.5, 0.6) is 0 Å². The van der Waals surface area contributed by atoms with Crippen molar-refractivity contribution in [3.63, 3.8) is 0 Å². The molecule has 2 amide bonds. The summed E-state index contributed by atoms with van der Waals surface area (Å²) in [4.78, 5) is 36.1. The Morgan fingerprint density at radius 3 is 2.38 bits per heavy atom. The van der Waals surface area contributed by atoms with Gasteiger partial charge in [-0.2, -0.15) is 0 Å². The molecule has 6 heteroatoms. The molecule has 21 heavy (non-hydrogen) atoms. The van der Waals surface area contributed by atoms with Gasteiger partial charge in [0.1, 0.15) is 6.04 Å². The van der Waals surface area contributed by atoms with Crippen molar-refractivity contribution in [1.82, 2.24) is 10.2 Å². The van der Waals surface area contributed by atoms with Gasteiger partial charge in [0, 0.05) is 18.7 Å². The number of rotatable bonds is 7. The number of nitrogens with zero attached hydrogens (tertiary/aromatic N) is 1. The van der Waals surface area contributed by atoms with Gasteiger partial charge in [-0.15, -0.1) is 0 Å². The predicted octanol–water partition coefficient (Wildman–Crippen LogP) is 1.13. The molecule has 1 aromatic rings. The minimum absolute atomic E-state index is 0.112. The van der Waals surface area contributed by atoms with Crippen molar-refractivity contribution in [3.8, 4) is 0 Å². The van der Waals surface area contributed by atoms with Crippen LogP contribution in [0.4, 0.5) is 0 Å². The highest BCUT2D eigenvalue weighted by Crippen LogP contribution is 2.02. The third-order valence-corrected chi connectivity index (χ3v) is 3.04. The van der Waals surface area contributed by atoms with Crippen molar-refractivity contribution in [2.24, 2.45) is 0 Å². The fourth-order valence-corrected chi connectivity index (χ4v) is 1.86. The zero-order chi connectivity index (χ0) is 15.8. The Kier molecular flexibility index (Phi) is 6.39. The third kappa shape index (κ3) is 5.25. The molecule has 2 N–H and O–H groups in total. The van der Waals surface area contributed by atoms with E-state index in [0.717, 1.165) is 0 Å². The molecule has 0 aliphatic rings. The average molecular weight is 292 g/mol. The van der Waals surface area contributed by atoms with Crippen LogP contribution in [-0.4, -0.2) is 46.9 Å². The summed E-state index contributed by atoms with van der Waals surface area (Å²) in [6, 6.07) is 7.91. The van der Waals surface area contributed by atoms with Crippen LogP contribution in [0, 0.1) is 0 Å². The molecule has 1 aromatic carbocycles. The second-order valence-corrected chi connectivity index (χ2v) is 4.62. The maximum absolute atomic E-state index is 12.2. The van der Waals surface area contributed by atoms with E-state index in [-0.39, 0.29) is 24.8 Å². The first-order chi connectivity index (χ1) is 9.95. The molecule has 0 aliphatic heterocycles. The van der Waals surface area contributed by atoms with Gasteiger partial charge in [-0.1, -0.05) is 18.2 Å². The quantitative estimate of drug-likeness (QED) is 0.788. The maximum atomic E-state index is 12.2. The minimum atomic E-state index is -0.956. The highest BCUT2D eigenvalue weighted by atomic mass is 16.4. The van der Waals surface area contributed by atoms with E-state index in [1.54, 1.807) is 44.2 Å². The number of hydrogen-bond acceptors (Lipinski definition) is 3. The SMILES string of the molecule is CCN(CCC(=O)O)C(=O)C(C)NC(=O)c1ccccc1. The highest BCUT2D eigenvalue weighted by Gasteiger charge is 2.21. The summed E-state index contributed by atoms with van der Waals surface area (Å²) in [5.41, 5.74) is 0.478. The van der Waals surface area contributed by atoms with E-state index in [9.17, 15) is 14.4 Å². The van der Waals surface area contributed by atoms with Gasteiger partial charge in [0.05, 0.1) is 6.42 Å². The molecule has 0 aromatic heterocycles. The molecule has 114 valence electrons. The molecule has 0 saturated heterocycles. The molecular formula is C15H20N2O4. The van der Waals surface area contributed by atoms with Crippen molar-refractivity contribution in [1.29, 1.82) is 0 Å². The first-order valence-corrected chi connectivity index (χ1v) is 6.82. The molecular weight excluding hydrogens is 272 g/mol. The Morgan fingerprint density at radius 1 is 1.24 bits per heavy atom. The average Bonchev–Trinajstić information content (AvgIpc) is 2.48. The van der Waals surface area contributed by atoms with Gasteiger partial charge in [0.15, 0.2) is 0 Å². The number of carbonyl (C=O) groups excluding carboxylic acids is 2. The molecule has 6 nitrogen and oxygen atoms in total. The Hall–Kier alpha value is -2.37. The highest BCUT2D eigenvalue weighted by molar-refractivity contribution is 5.97. The first-order valence-electron chi connectivity index (χ1n) is 6.82. The van der Waals surface area contributed by atoms with Crippen molar-refractivity contribution >= 4 is 17.8 Å². The minimum Gasteiger partial charge on any atom is -0.481 e. The van der Waals surface area contributed by atoms with Crippen molar-refractivity contribution in [2.75, 3.05) is 13.1 Å². The molecule has 0 spiro atoms. The lowest BCUT2D eigenvalue weighted by molar-refractivity contribution is -0.138. The van der Waals surface area contributed by atoms with Gasteiger partial charge < -0.3 is 15.3 Å². The van der Waals surface area contributed by atoms with E-state index in [4.69, 9.17) is 5.11 Å². The maximum Gasteiger partial charge on any atom is 0.305 e. The van der Waals surface area contributed by atoms with Crippen LogP contribution in [0.3, 0.4) is 0 Å². The van der Waals surface area contributed by atoms with E-state index in [0.29, 0.717) is 12.1 Å². The monoisotopic (exact) mass is 292 g/mol. The van der Waals surface area contributed by atoms with E-state index in [1.165, 1.54) is 4.90 Å². The van der Waals surface area contributed by atoms with Gasteiger partial charge in [0.2, 0.25) is 5.91 Å². The molecule has 1 atom stereocenters. The fourth-order valence-electron chi connectivity index (χ4n) is 1.86. The molecule has 0 saturated carbocycles. The summed E-state index contributed by atoms with van der Waals surface area (Å²) >= 11 is 0. The molecule has 0 bridgehead atoms. The Balaban J connectivity index is 2.60. The van der Waals surface area contributed by atoms with Crippen molar-refractivity contribution in [3.05, 3.63) is 35.9 Å². The van der Waals surface area contributed by atoms with Gasteiger partial charge in [-0.3, -0.25) is 14.4 Å². The molecule has 1 unspecified atom stereocenters. The smallest absolute Gasteiger partial charge is 0.305 e. The Morgan fingerprint density at radius 2 is 1.86 bits per heavy atom. The number of carboxylic acid groups (broad SMARTS) is 1. The summed E-state index contributed by atoms with van der Waals surface area (Å²) < 4.78 is 0. The van der Waals surface area contributed by atoms with Gasteiger partial charge >= 0.3 is 5.97 Å². The van der Waals surface area contributed by atoms with E-state index in [2.05, 4.69) is 5.32 Å². The lowest BCUT2D eigenvalue weighted by atomic mass is 10.2. The van der Waals surface area contributed by atoms with Crippen LogP contribution in [0.25, 0.3) is 0 Å². The van der Waals surface area contributed by atoms with Crippen LogP contribution in [0.2, 0.25) is 0 Å². The predicted molar refractivity (Wildman–Crippen MR) is 77.9 cm³/mol. The zero-order valence-corrected chi connectivity index (χ0v) is 12.2. The van der Waals surface area contributed by atoms with Gasteiger partial charge in [-0.05, 0) is 26.0 Å². The summed E-state index contributed by atoms with van der Waals surface area (Å²) in [6.07, 6.45) is -0.112. The number of carboxylic acids is 1. The van der Waals surface area contributed by atoms with Crippen molar-refractivity contribution in [2.45, 2.75) is 26.3 Å². The number of aliphatic carboxylic acids is 1. The standard InChI is InChI=1S/C15H20N2O4/c1-3-17(10-9-13(18)19)15(21)11(2)16-14(20)12-7-5-4-6-8-12/h4-8,11H,3,9-10H2,1-2H3,(H,16,20)(H,18,19). The molecule has 1 rings (SSSR count). The van der Waals surface area contributed by atoms with E-state index in [1.807, 2.05) is 0 Å². The first kappa shape index (κ1) is 16.7. The van der Waals surface area contributed by atoms with Crippen molar-refractivity contribution < 1.29 is 19.5 Å². The van der Waals surface area contributed by atoms with Crippen LogP contribution >= 0.6 is 0 Å². The number of amides is 2. The summed E-state index contributed by atoms with van der Waals surface area (Å²) in [7, 11) is 0. The topological polar surface area (TPSA) is 86.7 Å². The molecule has 0 heterocycles. The van der Waals surface area contributed by atoms with Crippen LogP contribution in [0.15, 0.2) is 30.3 Å². The number of benzene rings is 1. The zero-order valence-electron chi connectivity index (χ0n) is 12.2. The van der Waals surface area contributed by atoms with Gasteiger partial charge in [-0.25, -0.2) is 0 Å². The number of hydrogen-bond donors (Lipinski definition) is 2. The second kappa shape index (κ2) is 8.04. The molecule has 0 fully saturated rings. The van der Waals surface area contributed by atoms with Crippen LogP contribution < -0.4 is 5.32 Å². The third-order valence-electron chi connectivity index (χ3n) is 3.04. The Bertz CT molecular complexity index is 502. The number of likely N-dealkylation sites (N-methyl/N-ethyl adjacent to an activating group) is 1. The normalized spacial score (nSPS) is 11.5.